The quantitative estimate of drug-likeness (QED) is 0.562. The van der Waals surface area contributed by atoms with Crippen LogP contribution in [0, 0.1) is 0 Å². The zero-order valence-electron chi connectivity index (χ0n) is 12.2. The molecule has 0 N–H and O–H groups in total. The van der Waals surface area contributed by atoms with Crippen LogP contribution in [-0.2, 0) is 9.53 Å². The number of amides is 1. The summed E-state index contributed by atoms with van der Waals surface area (Å²) >= 11 is 23.3. The SMILES string of the molecule is C[C@H]1CCCCN1C(=O)COC(=O)c1nc(Cl)c(Cl)c(Cl)c1Cl. The minimum atomic E-state index is -0.881. The summed E-state index contributed by atoms with van der Waals surface area (Å²) in [5, 5.41) is -0.460. The van der Waals surface area contributed by atoms with Crippen molar-refractivity contribution < 1.29 is 14.3 Å². The summed E-state index contributed by atoms with van der Waals surface area (Å²) in [5.74, 6) is -1.14. The van der Waals surface area contributed by atoms with Crippen molar-refractivity contribution in [2.75, 3.05) is 13.2 Å². The van der Waals surface area contributed by atoms with Gasteiger partial charge in [-0.15, -0.1) is 0 Å². The third kappa shape index (κ3) is 4.21. The lowest BCUT2D eigenvalue weighted by Crippen LogP contribution is -2.44. The van der Waals surface area contributed by atoms with E-state index in [4.69, 9.17) is 51.1 Å². The molecule has 1 amide bonds. The van der Waals surface area contributed by atoms with Gasteiger partial charge in [-0.2, -0.15) is 0 Å². The van der Waals surface area contributed by atoms with Crippen LogP contribution in [0.1, 0.15) is 36.7 Å². The molecule has 2 heterocycles. The fraction of sp³-hybridized carbons (Fsp3) is 0.500. The molecular formula is C14H14Cl4N2O3. The van der Waals surface area contributed by atoms with Crippen molar-refractivity contribution in [2.45, 2.75) is 32.2 Å². The number of likely N-dealkylation sites (tertiary alicyclic amines) is 1. The van der Waals surface area contributed by atoms with Crippen LogP contribution in [0.4, 0.5) is 0 Å². The van der Waals surface area contributed by atoms with E-state index in [1.807, 2.05) is 6.92 Å². The molecule has 0 saturated carbocycles. The summed E-state index contributed by atoms with van der Waals surface area (Å²) in [5.41, 5.74) is -0.273. The van der Waals surface area contributed by atoms with Crippen LogP contribution in [0.15, 0.2) is 0 Å². The molecule has 5 nitrogen and oxygen atoms in total. The van der Waals surface area contributed by atoms with E-state index in [0.717, 1.165) is 19.3 Å². The second-order valence-corrected chi connectivity index (χ2v) is 6.69. The molecule has 9 heteroatoms. The summed E-state index contributed by atoms with van der Waals surface area (Å²) in [6.07, 6.45) is 2.97. The van der Waals surface area contributed by atoms with Crippen LogP contribution >= 0.6 is 46.4 Å². The van der Waals surface area contributed by atoms with Gasteiger partial charge in [0, 0.05) is 12.6 Å². The largest absolute Gasteiger partial charge is 0.451 e. The summed E-state index contributed by atoms with van der Waals surface area (Å²) in [4.78, 5) is 29.6. The van der Waals surface area contributed by atoms with Crippen molar-refractivity contribution in [1.29, 1.82) is 0 Å². The van der Waals surface area contributed by atoms with Gasteiger partial charge in [0.25, 0.3) is 5.91 Å². The number of ether oxygens (including phenoxy) is 1. The number of hydrogen-bond acceptors (Lipinski definition) is 4. The van der Waals surface area contributed by atoms with Crippen LogP contribution in [0.25, 0.3) is 0 Å². The normalized spacial score (nSPS) is 18.0. The fourth-order valence-corrected chi connectivity index (χ4v) is 3.18. The molecule has 2 rings (SSSR count). The number of hydrogen-bond donors (Lipinski definition) is 0. The number of carbonyl (C=O) groups is 2. The molecule has 23 heavy (non-hydrogen) atoms. The monoisotopic (exact) mass is 398 g/mol. The van der Waals surface area contributed by atoms with E-state index in [1.165, 1.54) is 0 Å². The summed E-state index contributed by atoms with van der Waals surface area (Å²) in [6, 6.07) is 0.135. The van der Waals surface area contributed by atoms with Crippen molar-refractivity contribution in [3.05, 3.63) is 25.9 Å². The van der Waals surface area contributed by atoms with Gasteiger partial charge in [0.1, 0.15) is 5.15 Å². The lowest BCUT2D eigenvalue weighted by molar-refractivity contribution is -0.137. The highest BCUT2D eigenvalue weighted by atomic mass is 35.5. The first-order chi connectivity index (χ1) is 10.8. The molecule has 1 aromatic rings. The Morgan fingerprint density at radius 1 is 1.17 bits per heavy atom. The predicted molar refractivity (Wildman–Crippen MR) is 89.6 cm³/mol. The first-order valence-electron chi connectivity index (χ1n) is 6.99. The number of piperidine rings is 1. The topological polar surface area (TPSA) is 59.5 Å². The Labute approximate surface area is 153 Å². The molecule has 0 unspecified atom stereocenters. The number of pyridine rings is 1. The Morgan fingerprint density at radius 2 is 1.87 bits per heavy atom. The molecule has 0 bridgehead atoms. The van der Waals surface area contributed by atoms with Crippen LogP contribution in [0.2, 0.25) is 20.2 Å². The molecule has 0 radical (unpaired) electrons. The van der Waals surface area contributed by atoms with Crippen molar-refractivity contribution >= 4 is 58.3 Å². The average Bonchev–Trinajstić information content (AvgIpc) is 2.54. The second-order valence-electron chi connectivity index (χ2n) is 5.20. The zero-order valence-corrected chi connectivity index (χ0v) is 15.3. The fourth-order valence-electron chi connectivity index (χ4n) is 2.37. The minimum absolute atomic E-state index is 0.0481. The molecular weight excluding hydrogens is 386 g/mol. The molecule has 1 aromatic heterocycles. The first kappa shape index (κ1) is 18.6. The Hall–Kier alpha value is -0.750. The number of carbonyl (C=O) groups excluding carboxylic acids is 2. The first-order valence-corrected chi connectivity index (χ1v) is 8.50. The number of halogens is 4. The molecule has 0 aliphatic carbocycles. The van der Waals surface area contributed by atoms with Gasteiger partial charge in [0.05, 0.1) is 15.1 Å². The van der Waals surface area contributed by atoms with Gasteiger partial charge in [-0.3, -0.25) is 4.79 Å². The van der Waals surface area contributed by atoms with Crippen molar-refractivity contribution in [2.24, 2.45) is 0 Å². The molecule has 1 aliphatic heterocycles. The van der Waals surface area contributed by atoms with Crippen LogP contribution in [0.5, 0.6) is 0 Å². The molecule has 1 atom stereocenters. The third-order valence-electron chi connectivity index (χ3n) is 3.63. The molecule has 1 saturated heterocycles. The van der Waals surface area contributed by atoms with Crippen LogP contribution < -0.4 is 0 Å². The third-order valence-corrected chi connectivity index (χ3v) is 5.31. The molecule has 126 valence electrons. The van der Waals surface area contributed by atoms with Crippen LogP contribution in [-0.4, -0.2) is 41.0 Å². The minimum Gasteiger partial charge on any atom is -0.451 e. The van der Waals surface area contributed by atoms with E-state index in [2.05, 4.69) is 4.98 Å². The van der Waals surface area contributed by atoms with Gasteiger partial charge in [0.2, 0.25) is 0 Å². The Bertz CT molecular complexity index is 639. The number of esters is 1. The number of aromatic nitrogens is 1. The Kier molecular flexibility index (Phi) is 6.37. The zero-order chi connectivity index (χ0) is 17.1. The lowest BCUT2D eigenvalue weighted by Gasteiger charge is -2.33. The Balaban J connectivity index is 2.04. The Morgan fingerprint density at radius 3 is 2.52 bits per heavy atom. The summed E-state index contributed by atoms with van der Waals surface area (Å²) in [7, 11) is 0. The summed E-state index contributed by atoms with van der Waals surface area (Å²) < 4.78 is 4.98. The average molecular weight is 400 g/mol. The molecule has 1 aliphatic rings. The van der Waals surface area contributed by atoms with E-state index in [0.29, 0.717) is 6.54 Å². The van der Waals surface area contributed by atoms with E-state index in [-0.39, 0.29) is 44.5 Å². The van der Waals surface area contributed by atoms with Gasteiger partial charge < -0.3 is 9.64 Å². The van der Waals surface area contributed by atoms with Crippen LogP contribution in [0.3, 0.4) is 0 Å². The van der Waals surface area contributed by atoms with Gasteiger partial charge in [-0.25, -0.2) is 9.78 Å². The molecule has 1 fully saturated rings. The highest BCUT2D eigenvalue weighted by Gasteiger charge is 2.26. The van der Waals surface area contributed by atoms with Gasteiger partial charge >= 0.3 is 5.97 Å². The highest BCUT2D eigenvalue weighted by Crippen LogP contribution is 2.36. The van der Waals surface area contributed by atoms with Gasteiger partial charge in [-0.1, -0.05) is 46.4 Å². The maximum Gasteiger partial charge on any atom is 0.359 e. The van der Waals surface area contributed by atoms with E-state index in [9.17, 15) is 9.59 Å². The van der Waals surface area contributed by atoms with Gasteiger partial charge in [-0.05, 0) is 26.2 Å². The standard InChI is InChI=1S/C14H14Cl4N2O3/c1-7-4-2-3-5-20(7)8(21)6-23-14(22)12-10(16)9(15)11(17)13(18)19-12/h7H,2-6H2,1H3/t7-/m0/s1. The van der Waals surface area contributed by atoms with Gasteiger partial charge in [0.15, 0.2) is 12.3 Å². The van der Waals surface area contributed by atoms with E-state index < -0.39 is 5.97 Å². The molecule has 0 aromatic carbocycles. The lowest BCUT2D eigenvalue weighted by atomic mass is 10.0. The maximum absolute atomic E-state index is 12.1. The smallest absolute Gasteiger partial charge is 0.359 e. The number of nitrogens with zero attached hydrogens (tertiary/aromatic N) is 2. The summed E-state index contributed by atoms with van der Waals surface area (Å²) in [6.45, 7) is 2.24. The molecule has 0 spiro atoms. The van der Waals surface area contributed by atoms with E-state index >= 15 is 0 Å². The van der Waals surface area contributed by atoms with Crippen molar-refractivity contribution in [3.63, 3.8) is 0 Å². The van der Waals surface area contributed by atoms with E-state index in [1.54, 1.807) is 4.90 Å². The predicted octanol–water partition coefficient (Wildman–Crippen LogP) is 4.25. The number of rotatable bonds is 3. The van der Waals surface area contributed by atoms with Crippen molar-refractivity contribution in [3.8, 4) is 0 Å². The second kappa shape index (κ2) is 7.88. The van der Waals surface area contributed by atoms with Crippen molar-refractivity contribution in [1.82, 2.24) is 9.88 Å². The highest BCUT2D eigenvalue weighted by molar-refractivity contribution is 6.52. The maximum atomic E-state index is 12.1.